The van der Waals surface area contributed by atoms with Crippen molar-refractivity contribution in [3.8, 4) is 0 Å². The SMILES string of the molecule is NNCCCO.O. The Morgan fingerprint density at radius 3 is 2.29 bits per heavy atom. The van der Waals surface area contributed by atoms with Gasteiger partial charge in [0.05, 0.1) is 0 Å². The third-order valence-corrected chi connectivity index (χ3v) is 0.479. The predicted molar refractivity (Wildman–Crippen MR) is 27.5 cm³/mol. The first-order valence-corrected chi connectivity index (χ1v) is 1.96. The third-order valence-electron chi connectivity index (χ3n) is 0.479. The Balaban J connectivity index is 0. The topological polar surface area (TPSA) is 89.8 Å². The molecule has 0 atom stereocenters. The van der Waals surface area contributed by atoms with Gasteiger partial charge < -0.3 is 10.6 Å². The summed E-state index contributed by atoms with van der Waals surface area (Å²) in [5.74, 6) is 4.85. The van der Waals surface area contributed by atoms with Crippen LogP contribution in [0.15, 0.2) is 0 Å². The van der Waals surface area contributed by atoms with E-state index in [4.69, 9.17) is 10.9 Å². The van der Waals surface area contributed by atoms with Gasteiger partial charge >= 0.3 is 0 Å². The number of nitrogens with one attached hydrogen (secondary N) is 1. The first-order valence-electron chi connectivity index (χ1n) is 1.96. The van der Waals surface area contributed by atoms with Gasteiger partial charge in [0, 0.05) is 13.2 Å². The molecular weight excluding hydrogens is 96.0 g/mol. The molecule has 0 aromatic rings. The number of nitrogens with two attached hydrogens (primary N) is 1. The number of hydrogen-bond acceptors (Lipinski definition) is 3. The van der Waals surface area contributed by atoms with Crippen LogP contribution in [0.25, 0.3) is 0 Å². The summed E-state index contributed by atoms with van der Waals surface area (Å²) in [4.78, 5) is 0. The van der Waals surface area contributed by atoms with Crippen LogP contribution < -0.4 is 11.3 Å². The minimum absolute atomic E-state index is 0. The van der Waals surface area contributed by atoms with Gasteiger partial charge in [0.2, 0.25) is 0 Å². The molecule has 0 aliphatic rings. The van der Waals surface area contributed by atoms with E-state index >= 15 is 0 Å². The lowest BCUT2D eigenvalue weighted by molar-refractivity contribution is 0.286. The van der Waals surface area contributed by atoms with Crippen molar-refractivity contribution in [2.24, 2.45) is 5.84 Å². The molecule has 6 N–H and O–H groups in total. The Morgan fingerprint density at radius 2 is 2.14 bits per heavy atom. The molecule has 0 spiro atoms. The molecule has 0 amide bonds. The van der Waals surface area contributed by atoms with Crippen molar-refractivity contribution in [3.63, 3.8) is 0 Å². The summed E-state index contributed by atoms with van der Waals surface area (Å²) in [5.41, 5.74) is 2.41. The van der Waals surface area contributed by atoms with Gasteiger partial charge in [-0.2, -0.15) is 0 Å². The van der Waals surface area contributed by atoms with Crippen LogP contribution in [0, 0.1) is 0 Å². The minimum atomic E-state index is 0. The number of hydrogen-bond donors (Lipinski definition) is 3. The molecule has 7 heavy (non-hydrogen) atoms. The first kappa shape index (κ1) is 9.96. The van der Waals surface area contributed by atoms with E-state index in [9.17, 15) is 0 Å². The molecule has 0 bridgehead atoms. The first-order chi connectivity index (χ1) is 2.91. The Labute approximate surface area is 42.6 Å². The second kappa shape index (κ2) is 9.28. The molecule has 0 rings (SSSR count). The fraction of sp³-hybridized carbons (Fsp3) is 1.00. The molecule has 46 valence electrons. The highest BCUT2D eigenvalue weighted by atomic mass is 16.3. The van der Waals surface area contributed by atoms with E-state index < -0.39 is 0 Å². The molecule has 4 nitrogen and oxygen atoms in total. The van der Waals surface area contributed by atoms with Gasteiger partial charge in [-0.05, 0) is 6.42 Å². The molecule has 0 saturated carbocycles. The zero-order chi connectivity index (χ0) is 4.83. The largest absolute Gasteiger partial charge is 0.412 e. The van der Waals surface area contributed by atoms with Gasteiger partial charge in [-0.15, -0.1) is 0 Å². The summed E-state index contributed by atoms with van der Waals surface area (Å²) in [7, 11) is 0. The lowest BCUT2D eigenvalue weighted by Gasteiger charge is -1.89. The molecule has 0 fully saturated rings. The Kier molecular flexibility index (Phi) is 13.2. The molecule has 0 radical (unpaired) electrons. The fourth-order valence-electron chi connectivity index (χ4n) is 0.181. The number of rotatable bonds is 3. The van der Waals surface area contributed by atoms with E-state index in [1.54, 1.807) is 0 Å². The van der Waals surface area contributed by atoms with Crippen LogP contribution in [0.1, 0.15) is 6.42 Å². The molecule has 0 aliphatic carbocycles. The number of hydrazine groups is 1. The maximum absolute atomic E-state index is 8.10. The minimum Gasteiger partial charge on any atom is -0.412 e. The molecule has 0 heterocycles. The van der Waals surface area contributed by atoms with E-state index in [1.165, 1.54) is 0 Å². The lowest BCUT2D eigenvalue weighted by Crippen LogP contribution is -2.23. The van der Waals surface area contributed by atoms with Crippen molar-refractivity contribution >= 4 is 0 Å². The zero-order valence-corrected chi connectivity index (χ0v) is 4.15. The lowest BCUT2D eigenvalue weighted by atomic mass is 10.5. The number of aliphatic hydroxyl groups excluding tert-OH is 1. The van der Waals surface area contributed by atoms with Crippen LogP contribution in [0.2, 0.25) is 0 Å². The molecule has 0 aromatic carbocycles. The van der Waals surface area contributed by atoms with E-state index in [-0.39, 0.29) is 12.1 Å². The van der Waals surface area contributed by atoms with E-state index in [2.05, 4.69) is 5.43 Å². The monoisotopic (exact) mass is 108 g/mol. The van der Waals surface area contributed by atoms with Crippen molar-refractivity contribution in [2.45, 2.75) is 6.42 Å². The number of aliphatic hydroxyl groups is 1. The van der Waals surface area contributed by atoms with E-state index in [1.807, 2.05) is 0 Å². The van der Waals surface area contributed by atoms with Crippen LogP contribution in [0.4, 0.5) is 0 Å². The smallest absolute Gasteiger partial charge is 0.0443 e. The second-order valence-electron chi connectivity index (χ2n) is 1.03. The molecule has 4 heteroatoms. The summed E-state index contributed by atoms with van der Waals surface area (Å²) in [5, 5.41) is 8.10. The van der Waals surface area contributed by atoms with Gasteiger partial charge in [-0.25, -0.2) is 0 Å². The van der Waals surface area contributed by atoms with Gasteiger partial charge in [-0.1, -0.05) is 0 Å². The summed E-state index contributed by atoms with van der Waals surface area (Å²) in [6.45, 7) is 0.903. The summed E-state index contributed by atoms with van der Waals surface area (Å²) in [6.07, 6.45) is 0.733. The van der Waals surface area contributed by atoms with Crippen LogP contribution >= 0.6 is 0 Å². The fourth-order valence-corrected chi connectivity index (χ4v) is 0.181. The van der Waals surface area contributed by atoms with Crippen molar-refractivity contribution < 1.29 is 10.6 Å². The molecule has 0 aliphatic heterocycles. The summed E-state index contributed by atoms with van der Waals surface area (Å²) >= 11 is 0. The standard InChI is InChI=1S/C3H10N2O.H2O/c4-5-2-1-3-6;/h5-6H,1-4H2;1H2. The molecular formula is C3H12N2O2. The summed E-state index contributed by atoms with van der Waals surface area (Å²) in [6, 6.07) is 0. The van der Waals surface area contributed by atoms with Crippen molar-refractivity contribution in [3.05, 3.63) is 0 Å². The van der Waals surface area contributed by atoms with Crippen LogP contribution in [0.5, 0.6) is 0 Å². The average molecular weight is 108 g/mol. The van der Waals surface area contributed by atoms with Crippen LogP contribution in [-0.4, -0.2) is 23.7 Å². The maximum Gasteiger partial charge on any atom is 0.0443 e. The van der Waals surface area contributed by atoms with Crippen molar-refractivity contribution in [2.75, 3.05) is 13.2 Å². The van der Waals surface area contributed by atoms with E-state index in [0.717, 1.165) is 6.42 Å². The van der Waals surface area contributed by atoms with Crippen molar-refractivity contribution in [1.29, 1.82) is 0 Å². The zero-order valence-electron chi connectivity index (χ0n) is 4.15. The third kappa shape index (κ3) is 10.7. The molecule has 0 saturated heterocycles. The molecule has 0 unspecified atom stereocenters. The van der Waals surface area contributed by atoms with Gasteiger partial charge in [0.1, 0.15) is 0 Å². The van der Waals surface area contributed by atoms with Crippen LogP contribution in [0.3, 0.4) is 0 Å². The quantitative estimate of drug-likeness (QED) is 0.222. The average Bonchev–Trinajstić information content (AvgIpc) is 1.61. The van der Waals surface area contributed by atoms with Gasteiger partial charge in [-0.3, -0.25) is 11.3 Å². The van der Waals surface area contributed by atoms with E-state index in [0.29, 0.717) is 6.54 Å². The second-order valence-corrected chi connectivity index (χ2v) is 1.03. The highest BCUT2D eigenvalue weighted by Crippen LogP contribution is 1.64. The van der Waals surface area contributed by atoms with Crippen molar-refractivity contribution in [1.82, 2.24) is 5.43 Å². The highest BCUT2D eigenvalue weighted by molar-refractivity contribution is 4.32. The summed E-state index contributed by atoms with van der Waals surface area (Å²) < 4.78 is 0. The Bertz CT molecular complexity index is 22.9. The molecule has 0 aromatic heterocycles. The highest BCUT2D eigenvalue weighted by Gasteiger charge is 1.74. The predicted octanol–water partition coefficient (Wildman–Crippen LogP) is -1.99. The Hall–Kier alpha value is -0.160. The Morgan fingerprint density at radius 1 is 1.57 bits per heavy atom. The van der Waals surface area contributed by atoms with Crippen LogP contribution in [-0.2, 0) is 0 Å². The van der Waals surface area contributed by atoms with Gasteiger partial charge in [0.15, 0.2) is 0 Å². The normalized spacial score (nSPS) is 7.71. The maximum atomic E-state index is 8.10. The van der Waals surface area contributed by atoms with Gasteiger partial charge in [0.25, 0.3) is 0 Å².